The zero-order valence-corrected chi connectivity index (χ0v) is 15.5. The first-order valence-electron chi connectivity index (χ1n) is 8.97. The Hall–Kier alpha value is -1.31. The van der Waals surface area contributed by atoms with Crippen LogP contribution in [0.15, 0.2) is 24.3 Å². The molecule has 3 rings (SSSR count). The molecule has 2 nitrogen and oxygen atoms in total. The van der Waals surface area contributed by atoms with E-state index in [1.165, 1.54) is 18.4 Å². The fourth-order valence-corrected chi connectivity index (χ4v) is 4.79. The number of hydrogen-bond donors (Lipinski definition) is 1. The normalized spacial score (nSPS) is 32.1. The van der Waals surface area contributed by atoms with Crippen molar-refractivity contribution in [2.24, 2.45) is 16.7 Å². The first-order chi connectivity index (χ1) is 10.6. The van der Waals surface area contributed by atoms with Crippen LogP contribution in [0.25, 0.3) is 0 Å². The summed E-state index contributed by atoms with van der Waals surface area (Å²) >= 11 is 0. The van der Waals surface area contributed by atoms with E-state index in [9.17, 15) is 4.79 Å². The van der Waals surface area contributed by atoms with Crippen molar-refractivity contribution in [1.29, 1.82) is 0 Å². The molecule has 1 amide bonds. The fraction of sp³-hybridized carbons (Fsp3) is 0.667. The maximum absolute atomic E-state index is 12.7. The minimum Gasteiger partial charge on any atom is -0.349 e. The number of nitrogens with one attached hydrogen (secondary N) is 1. The van der Waals surface area contributed by atoms with Crippen LogP contribution < -0.4 is 5.32 Å². The SMILES string of the molecule is CC(C)(C)c1ccc(C(=O)N[C@@H]2C[C@H]3CC[C@@]2(C)C3(C)C)cc1. The third-order valence-electron chi connectivity index (χ3n) is 7.11. The van der Waals surface area contributed by atoms with E-state index in [1.807, 2.05) is 12.1 Å². The second kappa shape index (κ2) is 5.09. The van der Waals surface area contributed by atoms with Crippen molar-refractivity contribution in [3.05, 3.63) is 35.4 Å². The van der Waals surface area contributed by atoms with E-state index in [2.05, 4.69) is 59.0 Å². The van der Waals surface area contributed by atoms with Gasteiger partial charge in [-0.25, -0.2) is 0 Å². The van der Waals surface area contributed by atoms with Crippen molar-refractivity contribution in [3.8, 4) is 0 Å². The van der Waals surface area contributed by atoms with Gasteiger partial charge in [0.1, 0.15) is 0 Å². The Morgan fingerprint density at radius 1 is 1.13 bits per heavy atom. The lowest BCUT2D eigenvalue weighted by Crippen LogP contribution is -2.46. The predicted molar refractivity (Wildman–Crippen MR) is 95.6 cm³/mol. The molecule has 0 aromatic heterocycles. The number of amides is 1. The second-order valence-corrected chi connectivity index (χ2v) is 9.46. The van der Waals surface area contributed by atoms with Crippen LogP contribution in [0.2, 0.25) is 0 Å². The molecule has 23 heavy (non-hydrogen) atoms. The standard InChI is InChI=1S/C21H31NO/c1-19(2,3)15-9-7-14(8-10-15)18(23)22-17-13-16-11-12-21(17,6)20(16,4)5/h7-10,16-17H,11-13H2,1-6H3,(H,22,23)/t16-,17-,21-/m1/s1. The van der Waals surface area contributed by atoms with Gasteiger partial charge in [-0.1, -0.05) is 53.7 Å². The van der Waals surface area contributed by atoms with Crippen LogP contribution in [-0.2, 0) is 5.41 Å². The molecule has 2 saturated carbocycles. The molecule has 0 heterocycles. The summed E-state index contributed by atoms with van der Waals surface area (Å²) in [6, 6.07) is 8.42. The average Bonchev–Trinajstić information content (AvgIpc) is 2.80. The molecular weight excluding hydrogens is 282 g/mol. The maximum atomic E-state index is 12.7. The maximum Gasteiger partial charge on any atom is 0.251 e. The summed E-state index contributed by atoms with van der Waals surface area (Å²) in [6.07, 6.45) is 3.68. The van der Waals surface area contributed by atoms with Crippen LogP contribution in [0.4, 0.5) is 0 Å². The van der Waals surface area contributed by atoms with Gasteiger partial charge in [0.2, 0.25) is 0 Å². The molecule has 1 aromatic carbocycles. The van der Waals surface area contributed by atoms with E-state index >= 15 is 0 Å². The van der Waals surface area contributed by atoms with E-state index in [-0.39, 0.29) is 16.7 Å². The van der Waals surface area contributed by atoms with Crippen molar-refractivity contribution in [3.63, 3.8) is 0 Å². The Morgan fingerprint density at radius 3 is 2.17 bits per heavy atom. The van der Waals surface area contributed by atoms with Gasteiger partial charge in [-0.2, -0.15) is 0 Å². The highest BCUT2D eigenvalue weighted by Gasteiger charge is 2.61. The lowest BCUT2D eigenvalue weighted by atomic mass is 9.69. The summed E-state index contributed by atoms with van der Waals surface area (Å²) in [5.41, 5.74) is 2.74. The van der Waals surface area contributed by atoms with Gasteiger partial charge in [0, 0.05) is 11.6 Å². The van der Waals surface area contributed by atoms with Crippen LogP contribution in [-0.4, -0.2) is 11.9 Å². The van der Waals surface area contributed by atoms with Crippen molar-refractivity contribution in [2.45, 2.75) is 72.3 Å². The van der Waals surface area contributed by atoms with Gasteiger partial charge < -0.3 is 5.32 Å². The summed E-state index contributed by atoms with van der Waals surface area (Å²) in [5, 5.41) is 3.34. The van der Waals surface area contributed by atoms with Gasteiger partial charge in [-0.15, -0.1) is 0 Å². The average molecular weight is 313 g/mol. The summed E-state index contributed by atoms with van der Waals surface area (Å²) in [5.74, 6) is 0.834. The molecule has 2 fully saturated rings. The molecule has 2 bridgehead atoms. The monoisotopic (exact) mass is 313 g/mol. The third kappa shape index (κ3) is 2.51. The highest BCUT2D eigenvalue weighted by molar-refractivity contribution is 5.94. The Labute approximate surface area is 141 Å². The molecular formula is C21H31NO. The molecule has 2 aliphatic carbocycles. The lowest BCUT2D eigenvalue weighted by Gasteiger charge is -2.39. The van der Waals surface area contributed by atoms with E-state index in [1.54, 1.807) is 0 Å². The molecule has 2 aliphatic rings. The number of rotatable bonds is 2. The second-order valence-electron chi connectivity index (χ2n) is 9.46. The van der Waals surface area contributed by atoms with Crippen molar-refractivity contribution < 1.29 is 4.79 Å². The molecule has 0 unspecified atom stereocenters. The Balaban J connectivity index is 1.74. The van der Waals surface area contributed by atoms with Crippen LogP contribution in [0.5, 0.6) is 0 Å². The number of carbonyl (C=O) groups is 1. The van der Waals surface area contributed by atoms with Crippen LogP contribution >= 0.6 is 0 Å². The van der Waals surface area contributed by atoms with Gasteiger partial charge in [0.05, 0.1) is 0 Å². The minimum atomic E-state index is 0.0834. The number of benzene rings is 1. The summed E-state index contributed by atoms with van der Waals surface area (Å²) in [7, 11) is 0. The molecule has 3 atom stereocenters. The summed E-state index contributed by atoms with van der Waals surface area (Å²) < 4.78 is 0. The molecule has 0 saturated heterocycles. The molecule has 0 radical (unpaired) electrons. The van der Waals surface area contributed by atoms with Crippen molar-refractivity contribution in [1.82, 2.24) is 5.32 Å². The molecule has 126 valence electrons. The van der Waals surface area contributed by atoms with Crippen LogP contribution in [0, 0.1) is 16.7 Å². The summed E-state index contributed by atoms with van der Waals surface area (Å²) in [6.45, 7) is 13.7. The lowest BCUT2D eigenvalue weighted by molar-refractivity contribution is 0.0826. The summed E-state index contributed by atoms with van der Waals surface area (Å²) in [4.78, 5) is 12.7. The Bertz CT molecular complexity index is 608. The highest BCUT2D eigenvalue weighted by atomic mass is 16.1. The van der Waals surface area contributed by atoms with Gasteiger partial charge >= 0.3 is 0 Å². The molecule has 1 aromatic rings. The minimum absolute atomic E-state index is 0.0834. The largest absolute Gasteiger partial charge is 0.349 e. The first-order valence-corrected chi connectivity index (χ1v) is 8.97. The van der Waals surface area contributed by atoms with Gasteiger partial charge in [0.25, 0.3) is 5.91 Å². The van der Waals surface area contributed by atoms with Crippen molar-refractivity contribution >= 4 is 5.91 Å². The van der Waals surface area contributed by atoms with Crippen molar-refractivity contribution in [2.75, 3.05) is 0 Å². The molecule has 2 heteroatoms. The van der Waals surface area contributed by atoms with E-state index in [0.29, 0.717) is 11.5 Å². The molecule has 0 aliphatic heterocycles. The Morgan fingerprint density at radius 2 is 1.74 bits per heavy atom. The molecule has 0 spiro atoms. The quantitative estimate of drug-likeness (QED) is 0.824. The van der Waals surface area contributed by atoms with E-state index < -0.39 is 0 Å². The van der Waals surface area contributed by atoms with Gasteiger partial charge in [-0.05, 0) is 59.1 Å². The van der Waals surface area contributed by atoms with E-state index in [4.69, 9.17) is 0 Å². The smallest absolute Gasteiger partial charge is 0.251 e. The zero-order valence-electron chi connectivity index (χ0n) is 15.5. The Kier molecular flexibility index (Phi) is 3.66. The third-order valence-corrected chi connectivity index (χ3v) is 7.11. The predicted octanol–water partition coefficient (Wildman–Crippen LogP) is 4.93. The molecule has 1 N–H and O–H groups in total. The number of carbonyl (C=O) groups excluding carboxylic acids is 1. The van der Waals surface area contributed by atoms with Crippen LogP contribution in [0.3, 0.4) is 0 Å². The number of fused-ring (bicyclic) bond motifs is 2. The van der Waals surface area contributed by atoms with Gasteiger partial charge in [-0.3, -0.25) is 4.79 Å². The first kappa shape index (κ1) is 16.5. The number of hydrogen-bond acceptors (Lipinski definition) is 1. The van der Waals surface area contributed by atoms with E-state index in [0.717, 1.165) is 17.9 Å². The zero-order chi connectivity index (χ0) is 17.0. The fourth-order valence-electron chi connectivity index (χ4n) is 4.79. The highest BCUT2D eigenvalue weighted by Crippen LogP contribution is 2.65. The van der Waals surface area contributed by atoms with Gasteiger partial charge in [0.15, 0.2) is 0 Å². The van der Waals surface area contributed by atoms with Crippen LogP contribution in [0.1, 0.15) is 76.7 Å². The topological polar surface area (TPSA) is 29.1 Å².